The van der Waals surface area contributed by atoms with Crippen LogP contribution >= 0.6 is 0 Å². The Morgan fingerprint density at radius 3 is 2.84 bits per heavy atom. The van der Waals surface area contributed by atoms with Crippen molar-refractivity contribution in [2.45, 2.75) is 6.42 Å². The van der Waals surface area contributed by atoms with E-state index in [1.807, 2.05) is 0 Å². The number of carboxylic acids is 1. The SMILES string of the molecule is O=C(O)COCC(=O)c1ccc2c(c1)C(=O)NCC2. The highest BCUT2D eigenvalue weighted by molar-refractivity contribution is 6.02. The Morgan fingerprint density at radius 1 is 1.32 bits per heavy atom. The number of Topliss-reactive ketones (excluding diaryl/α,β-unsaturated/α-hetero) is 1. The molecule has 0 unspecified atom stereocenters. The van der Waals surface area contributed by atoms with Crippen LogP contribution in [-0.4, -0.2) is 42.5 Å². The van der Waals surface area contributed by atoms with Crippen molar-refractivity contribution in [1.29, 1.82) is 0 Å². The van der Waals surface area contributed by atoms with E-state index in [4.69, 9.17) is 9.84 Å². The van der Waals surface area contributed by atoms with Crippen LogP contribution in [0.3, 0.4) is 0 Å². The third kappa shape index (κ3) is 3.17. The molecule has 0 aromatic heterocycles. The molecule has 1 heterocycles. The third-order valence-electron chi connectivity index (χ3n) is 2.82. The van der Waals surface area contributed by atoms with E-state index in [1.165, 1.54) is 6.07 Å². The Kier molecular flexibility index (Phi) is 3.91. The first-order valence-electron chi connectivity index (χ1n) is 5.82. The number of ether oxygens (including phenoxy) is 1. The van der Waals surface area contributed by atoms with Gasteiger partial charge in [-0.3, -0.25) is 9.59 Å². The van der Waals surface area contributed by atoms with Gasteiger partial charge >= 0.3 is 5.97 Å². The van der Waals surface area contributed by atoms with Crippen molar-refractivity contribution in [3.8, 4) is 0 Å². The van der Waals surface area contributed by atoms with Gasteiger partial charge in [-0.2, -0.15) is 0 Å². The second-order valence-corrected chi connectivity index (χ2v) is 4.19. The molecule has 0 saturated heterocycles. The van der Waals surface area contributed by atoms with E-state index in [9.17, 15) is 14.4 Å². The van der Waals surface area contributed by atoms with E-state index in [2.05, 4.69) is 5.32 Å². The van der Waals surface area contributed by atoms with E-state index in [0.717, 1.165) is 12.0 Å². The summed E-state index contributed by atoms with van der Waals surface area (Å²) in [5.41, 5.74) is 1.75. The van der Waals surface area contributed by atoms with Gasteiger partial charge in [-0.05, 0) is 18.1 Å². The molecule has 0 bridgehead atoms. The number of hydrogen-bond donors (Lipinski definition) is 2. The second-order valence-electron chi connectivity index (χ2n) is 4.19. The highest BCUT2D eigenvalue weighted by Crippen LogP contribution is 2.16. The number of carbonyl (C=O) groups is 3. The molecule has 0 fully saturated rings. The van der Waals surface area contributed by atoms with Crippen molar-refractivity contribution >= 4 is 17.7 Å². The lowest BCUT2D eigenvalue weighted by molar-refractivity contribution is -0.141. The predicted molar refractivity (Wildman–Crippen MR) is 65.3 cm³/mol. The van der Waals surface area contributed by atoms with Gasteiger partial charge in [0.1, 0.15) is 13.2 Å². The number of nitrogens with one attached hydrogen (secondary N) is 1. The van der Waals surface area contributed by atoms with Crippen LogP contribution in [0.4, 0.5) is 0 Å². The monoisotopic (exact) mass is 263 g/mol. The van der Waals surface area contributed by atoms with Crippen molar-refractivity contribution in [3.63, 3.8) is 0 Å². The zero-order valence-electron chi connectivity index (χ0n) is 10.1. The minimum Gasteiger partial charge on any atom is -0.480 e. The molecule has 0 saturated carbocycles. The molecule has 1 aliphatic heterocycles. The quantitative estimate of drug-likeness (QED) is 0.743. The summed E-state index contributed by atoms with van der Waals surface area (Å²) in [5, 5.41) is 11.1. The van der Waals surface area contributed by atoms with Gasteiger partial charge in [0, 0.05) is 17.7 Å². The Hall–Kier alpha value is -2.21. The Bertz CT molecular complexity index is 538. The highest BCUT2D eigenvalue weighted by atomic mass is 16.5. The number of aliphatic carboxylic acids is 1. The van der Waals surface area contributed by atoms with Crippen LogP contribution in [0.5, 0.6) is 0 Å². The topological polar surface area (TPSA) is 92.7 Å². The molecule has 1 amide bonds. The third-order valence-corrected chi connectivity index (χ3v) is 2.82. The Morgan fingerprint density at radius 2 is 2.11 bits per heavy atom. The standard InChI is InChI=1S/C13H13NO5/c15-11(6-19-7-12(16)17)9-2-1-8-3-4-14-13(18)10(8)5-9/h1-2,5H,3-4,6-7H2,(H,14,18)(H,16,17). The molecule has 0 atom stereocenters. The molecule has 2 rings (SSSR count). The van der Waals surface area contributed by atoms with Gasteiger partial charge in [-0.15, -0.1) is 0 Å². The molecule has 1 aliphatic rings. The second kappa shape index (κ2) is 5.62. The minimum atomic E-state index is -1.13. The first-order valence-corrected chi connectivity index (χ1v) is 5.82. The summed E-state index contributed by atoms with van der Waals surface area (Å²) < 4.78 is 4.73. The summed E-state index contributed by atoms with van der Waals surface area (Å²) in [6.07, 6.45) is 0.741. The average molecular weight is 263 g/mol. The lowest BCUT2D eigenvalue weighted by Crippen LogP contribution is -2.32. The van der Waals surface area contributed by atoms with Gasteiger partial charge < -0.3 is 15.2 Å². The first kappa shape index (κ1) is 13.2. The minimum absolute atomic E-state index is 0.192. The van der Waals surface area contributed by atoms with Crippen molar-refractivity contribution in [1.82, 2.24) is 5.32 Å². The molecule has 1 aromatic carbocycles. The fourth-order valence-electron chi connectivity index (χ4n) is 1.90. The van der Waals surface area contributed by atoms with Gasteiger partial charge in [0.15, 0.2) is 5.78 Å². The fourth-order valence-corrected chi connectivity index (χ4v) is 1.90. The lowest BCUT2D eigenvalue weighted by atomic mass is 9.97. The van der Waals surface area contributed by atoms with Gasteiger partial charge in [0.25, 0.3) is 5.91 Å². The Balaban J connectivity index is 2.08. The van der Waals surface area contributed by atoms with Crippen LogP contribution < -0.4 is 5.32 Å². The van der Waals surface area contributed by atoms with Crippen molar-refractivity contribution < 1.29 is 24.2 Å². The molecule has 1 aromatic rings. The number of fused-ring (bicyclic) bond motifs is 1. The zero-order valence-corrected chi connectivity index (χ0v) is 10.1. The van der Waals surface area contributed by atoms with Crippen molar-refractivity contribution in [2.24, 2.45) is 0 Å². The molecule has 0 radical (unpaired) electrons. The number of carboxylic acid groups (broad SMARTS) is 1. The van der Waals surface area contributed by atoms with E-state index in [0.29, 0.717) is 17.7 Å². The van der Waals surface area contributed by atoms with E-state index in [1.54, 1.807) is 12.1 Å². The number of hydrogen-bond acceptors (Lipinski definition) is 4. The van der Waals surface area contributed by atoms with Gasteiger partial charge in [0.05, 0.1) is 0 Å². The normalized spacial score (nSPS) is 13.6. The molecular weight excluding hydrogens is 250 g/mol. The fraction of sp³-hybridized carbons (Fsp3) is 0.308. The summed E-state index contributed by atoms with van der Waals surface area (Å²) in [6, 6.07) is 4.90. The molecule has 6 heteroatoms. The van der Waals surface area contributed by atoms with Crippen LogP contribution in [0.2, 0.25) is 0 Å². The predicted octanol–water partition coefficient (Wildman–Crippen LogP) is 0.256. The summed E-state index contributed by atoms with van der Waals surface area (Å²) >= 11 is 0. The van der Waals surface area contributed by atoms with Crippen LogP contribution in [0, 0.1) is 0 Å². The van der Waals surface area contributed by atoms with E-state index >= 15 is 0 Å². The number of carbonyl (C=O) groups excluding carboxylic acids is 2. The summed E-state index contributed by atoms with van der Waals surface area (Å²) in [5.74, 6) is -1.66. The maximum atomic E-state index is 11.8. The average Bonchev–Trinajstić information content (AvgIpc) is 2.38. The van der Waals surface area contributed by atoms with Gasteiger partial charge in [-0.1, -0.05) is 12.1 Å². The zero-order chi connectivity index (χ0) is 13.8. The van der Waals surface area contributed by atoms with Crippen LogP contribution in [0.15, 0.2) is 18.2 Å². The molecule has 0 aliphatic carbocycles. The molecule has 2 N–H and O–H groups in total. The summed E-state index contributed by atoms with van der Waals surface area (Å²) in [4.78, 5) is 33.7. The number of rotatable bonds is 5. The first-order chi connectivity index (χ1) is 9.08. The summed E-state index contributed by atoms with van der Waals surface area (Å²) in [7, 11) is 0. The molecule has 100 valence electrons. The van der Waals surface area contributed by atoms with Gasteiger partial charge in [0.2, 0.25) is 0 Å². The van der Waals surface area contributed by atoms with Crippen LogP contribution in [-0.2, 0) is 16.0 Å². The molecule has 19 heavy (non-hydrogen) atoms. The largest absolute Gasteiger partial charge is 0.480 e. The van der Waals surface area contributed by atoms with E-state index < -0.39 is 12.6 Å². The number of ketones is 1. The molecular formula is C13H13NO5. The lowest BCUT2D eigenvalue weighted by Gasteiger charge is -2.16. The van der Waals surface area contributed by atoms with Crippen LogP contribution in [0.1, 0.15) is 26.3 Å². The van der Waals surface area contributed by atoms with E-state index in [-0.39, 0.29) is 18.3 Å². The summed E-state index contributed by atoms with van der Waals surface area (Å²) in [6.45, 7) is -0.231. The molecule has 0 spiro atoms. The highest BCUT2D eigenvalue weighted by Gasteiger charge is 2.18. The number of amides is 1. The molecule has 6 nitrogen and oxygen atoms in total. The van der Waals surface area contributed by atoms with Crippen molar-refractivity contribution in [2.75, 3.05) is 19.8 Å². The van der Waals surface area contributed by atoms with Crippen LogP contribution in [0.25, 0.3) is 0 Å². The number of benzene rings is 1. The maximum absolute atomic E-state index is 11.8. The smallest absolute Gasteiger partial charge is 0.329 e. The Labute approximate surface area is 109 Å². The van der Waals surface area contributed by atoms with Crippen molar-refractivity contribution in [3.05, 3.63) is 34.9 Å². The maximum Gasteiger partial charge on any atom is 0.329 e. The van der Waals surface area contributed by atoms with Gasteiger partial charge in [-0.25, -0.2) is 4.79 Å².